The van der Waals surface area contributed by atoms with Gasteiger partial charge >= 0.3 is 5.97 Å². The van der Waals surface area contributed by atoms with Crippen LogP contribution >= 0.6 is 0 Å². The molecule has 4 rings (SSSR count). The summed E-state index contributed by atoms with van der Waals surface area (Å²) in [5.74, 6) is 0.375. The zero-order valence-electron chi connectivity index (χ0n) is 14.1. The van der Waals surface area contributed by atoms with Crippen molar-refractivity contribution >= 4 is 23.1 Å². The maximum atomic E-state index is 11.6. The molecule has 0 aliphatic heterocycles. The first-order valence-corrected chi connectivity index (χ1v) is 8.10. The van der Waals surface area contributed by atoms with Gasteiger partial charge < -0.3 is 10.1 Å². The number of hydrogen-bond acceptors (Lipinski definition) is 5. The normalized spacial score (nSPS) is 10.7. The number of methoxy groups -OCH3 is 1. The van der Waals surface area contributed by atoms with Gasteiger partial charge in [0.15, 0.2) is 5.65 Å². The van der Waals surface area contributed by atoms with E-state index in [0.717, 1.165) is 28.3 Å². The van der Waals surface area contributed by atoms with Gasteiger partial charge in [0.1, 0.15) is 5.82 Å². The molecule has 0 saturated carbocycles. The standard InChI is InChI=1S/C20H16N4O2/c1-26-20(25)15-9-7-14(8-10-15)17-13-21-24-12-11-18(23-19(17)24)22-16-5-3-2-4-6-16/h2-13H,1H3,(H,22,23). The Kier molecular flexibility index (Phi) is 4.07. The van der Waals surface area contributed by atoms with Gasteiger partial charge in [0.25, 0.3) is 0 Å². The van der Waals surface area contributed by atoms with Gasteiger partial charge in [0.05, 0.1) is 18.9 Å². The van der Waals surface area contributed by atoms with Crippen LogP contribution in [0.2, 0.25) is 0 Å². The van der Waals surface area contributed by atoms with E-state index in [2.05, 4.69) is 15.4 Å². The van der Waals surface area contributed by atoms with Crippen LogP contribution in [0.5, 0.6) is 0 Å². The van der Waals surface area contributed by atoms with E-state index < -0.39 is 0 Å². The molecular formula is C20H16N4O2. The molecule has 1 N–H and O–H groups in total. The Balaban J connectivity index is 1.69. The van der Waals surface area contributed by atoms with Gasteiger partial charge in [-0.2, -0.15) is 5.10 Å². The highest BCUT2D eigenvalue weighted by molar-refractivity contribution is 5.90. The molecule has 6 nitrogen and oxygen atoms in total. The summed E-state index contributed by atoms with van der Waals surface area (Å²) in [6.07, 6.45) is 3.63. The zero-order valence-corrected chi connectivity index (χ0v) is 14.1. The second-order valence-corrected chi connectivity index (χ2v) is 5.70. The highest BCUT2D eigenvalue weighted by Crippen LogP contribution is 2.25. The Morgan fingerprint density at radius 2 is 1.81 bits per heavy atom. The number of nitrogens with zero attached hydrogens (tertiary/aromatic N) is 3. The van der Waals surface area contributed by atoms with Crippen LogP contribution in [0.1, 0.15) is 10.4 Å². The SMILES string of the molecule is COC(=O)c1ccc(-c2cnn3ccc(Nc4ccccc4)nc23)cc1. The quantitative estimate of drug-likeness (QED) is 0.568. The second-order valence-electron chi connectivity index (χ2n) is 5.70. The molecule has 0 saturated heterocycles. The summed E-state index contributed by atoms with van der Waals surface area (Å²) in [6, 6.07) is 18.9. The Morgan fingerprint density at radius 3 is 2.54 bits per heavy atom. The molecule has 0 radical (unpaired) electrons. The smallest absolute Gasteiger partial charge is 0.337 e. The number of nitrogens with one attached hydrogen (secondary N) is 1. The van der Waals surface area contributed by atoms with Gasteiger partial charge in [-0.3, -0.25) is 0 Å². The lowest BCUT2D eigenvalue weighted by Gasteiger charge is -2.06. The highest BCUT2D eigenvalue weighted by Gasteiger charge is 2.11. The molecular weight excluding hydrogens is 328 g/mol. The number of esters is 1. The fraction of sp³-hybridized carbons (Fsp3) is 0.0500. The fourth-order valence-electron chi connectivity index (χ4n) is 2.72. The van der Waals surface area contributed by atoms with Crippen LogP contribution < -0.4 is 5.32 Å². The van der Waals surface area contributed by atoms with Crippen molar-refractivity contribution < 1.29 is 9.53 Å². The van der Waals surface area contributed by atoms with Crippen molar-refractivity contribution in [2.45, 2.75) is 0 Å². The lowest BCUT2D eigenvalue weighted by molar-refractivity contribution is 0.0601. The van der Waals surface area contributed by atoms with Crippen molar-refractivity contribution in [1.29, 1.82) is 0 Å². The molecule has 2 aromatic heterocycles. The Bertz CT molecular complexity index is 1060. The zero-order chi connectivity index (χ0) is 17.9. The third-order valence-electron chi connectivity index (χ3n) is 4.03. The number of fused-ring (bicyclic) bond motifs is 1. The van der Waals surface area contributed by atoms with Crippen LogP contribution in [-0.4, -0.2) is 27.7 Å². The molecule has 26 heavy (non-hydrogen) atoms. The predicted octanol–water partition coefficient (Wildman–Crippen LogP) is 3.93. The average Bonchev–Trinajstić information content (AvgIpc) is 3.11. The van der Waals surface area contributed by atoms with Gasteiger partial charge in [-0.15, -0.1) is 0 Å². The van der Waals surface area contributed by atoms with E-state index in [1.807, 2.05) is 54.7 Å². The van der Waals surface area contributed by atoms with E-state index in [-0.39, 0.29) is 5.97 Å². The third-order valence-corrected chi connectivity index (χ3v) is 4.03. The summed E-state index contributed by atoms with van der Waals surface area (Å²) in [5.41, 5.74) is 4.02. The molecule has 0 spiro atoms. The largest absolute Gasteiger partial charge is 0.465 e. The van der Waals surface area contributed by atoms with Crippen LogP contribution in [0.15, 0.2) is 73.1 Å². The van der Waals surface area contributed by atoms with E-state index in [0.29, 0.717) is 5.56 Å². The summed E-state index contributed by atoms with van der Waals surface area (Å²) in [7, 11) is 1.37. The second kappa shape index (κ2) is 6.68. The molecule has 0 atom stereocenters. The minimum Gasteiger partial charge on any atom is -0.465 e. The number of anilines is 2. The number of hydrogen-bond donors (Lipinski definition) is 1. The molecule has 128 valence electrons. The molecule has 6 heteroatoms. The van der Waals surface area contributed by atoms with E-state index in [4.69, 9.17) is 4.74 Å². The van der Waals surface area contributed by atoms with E-state index in [1.165, 1.54) is 7.11 Å². The van der Waals surface area contributed by atoms with Crippen LogP contribution in [0.3, 0.4) is 0 Å². The minimum absolute atomic E-state index is 0.358. The molecule has 0 aliphatic carbocycles. The van der Waals surface area contributed by atoms with Crippen molar-refractivity contribution in [2.24, 2.45) is 0 Å². The summed E-state index contributed by atoms with van der Waals surface area (Å²) >= 11 is 0. The Hall–Kier alpha value is -3.67. The Labute approximate surface area is 150 Å². The van der Waals surface area contributed by atoms with Crippen molar-refractivity contribution in [2.75, 3.05) is 12.4 Å². The number of carbonyl (C=O) groups excluding carboxylic acids is 1. The van der Waals surface area contributed by atoms with Crippen LogP contribution in [0, 0.1) is 0 Å². The van der Waals surface area contributed by atoms with E-state index in [1.54, 1.807) is 22.8 Å². The Morgan fingerprint density at radius 1 is 1.04 bits per heavy atom. The van der Waals surface area contributed by atoms with Gasteiger partial charge in [0.2, 0.25) is 0 Å². The van der Waals surface area contributed by atoms with E-state index >= 15 is 0 Å². The van der Waals surface area contributed by atoms with Crippen LogP contribution in [0.25, 0.3) is 16.8 Å². The maximum Gasteiger partial charge on any atom is 0.337 e. The van der Waals surface area contributed by atoms with Crippen molar-refractivity contribution in [3.63, 3.8) is 0 Å². The number of aromatic nitrogens is 3. The first-order valence-electron chi connectivity index (χ1n) is 8.10. The highest BCUT2D eigenvalue weighted by atomic mass is 16.5. The van der Waals surface area contributed by atoms with Gasteiger partial charge in [-0.25, -0.2) is 14.3 Å². The molecule has 0 bridgehead atoms. The first kappa shape index (κ1) is 15.8. The molecule has 0 fully saturated rings. The molecule has 2 aromatic carbocycles. The fourth-order valence-corrected chi connectivity index (χ4v) is 2.72. The number of para-hydroxylation sites is 1. The van der Waals surface area contributed by atoms with Gasteiger partial charge in [-0.1, -0.05) is 30.3 Å². The minimum atomic E-state index is -0.358. The monoisotopic (exact) mass is 344 g/mol. The number of benzene rings is 2. The first-order chi connectivity index (χ1) is 12.7. The lowest BCUT2D eigenvalue weighted by atomic mass is 10.1. The summed E-state index contributed by atoms with van der Waals surface area (Å²) in [4.78, 5) is 16.3. The van der Waals surface area contributed by atoms with Crippen LogP contribution in [-0.2, 0) is 4.74 Å². The topological polar surface area (TPSA) is 68.5 Å². The summed E-state index contributed by atoms with van der Waals surface area (Å²) in [6.45, 7) is 0. The molecule has 2 heterocycles. The third kappa shape index (κ3) is 3.00. The van der Waals surface area contributed by atoms with Crippen molar-refractivity contribution in [3.8, 4) is 11.1 Å². The van der Waals surface area contributed by atoms with E-state index in [9.17, 15) is 4.79 Å². The summed E-state index contributed by atoms with van der Waals surface area (Å²) < 4.78 is 6.46. The van der Waals surface area contributed by atoms with Crippen molar-refractivity contribution in [1.82, 2.24) is 14.6 Å². The van der Waals surface area contributed by atoms with Crippen molar-refractivity contribution in [3.05, 3.63) is 78.6 Å². The van der Waals surface area contributed by atoms with Crippen LogP contribution in [0.4, 0.5) is 11.5 Å². The number of carbonyl (C=O) groups is 1. The summed E-state index contributed by atoms with van der Waals surface area (Å²) in [5, 5.41) is 7.63. The predicted molar refractivity (Wildman–Crippen MR) is 99.5 cm³/mol. The number of ether oxygens (including phenoxy) is 1. The molecule has 0 amide bonds. The molecule has 0 unspecified atom stereocenters. The average molecular weight is 344 g/mol. The maximum absolute atomic E-state index is 11.6. The van der Waals surface area contributed by atoms with Gasteiger partial charge in [0, 0.05) is 17.4 Å². The molecule has 4 aromatic rings. The lowest BCUT2D eigenvalue weighted by Crippen LogP contribution is -2.00. The molecule has 0 aliphatic rings. The number of rotatable bonds is 4. The van der Waals surface area contributed by atoms with Gasteiger partial charge in [-0.05, 0) is 35.9 Å².